The fourth-order valence-corrected chi connectivity index (χ4v) is 2.79. The molecule has 6 nitrogen and oxygen atoms in total. The Bertz CT molecular complexity index is 1150. The second-order valence-electron chi connectivity index (χ2n) is 6.06. The molecule has 4 aromatic rings. The summed E-state index contributed by atoms with van der Waals surface area (Å²) in [6.45, 7) is 1.87. The molecule has 27 heavy (non-hydrogen) atoms. The lowest BCUT2D eigenvalue weighted by Gasteiger charge is -2.02. The number of nitrogens with zero attached hydrogens (tertiary/aromatic N) is 3. The molecule has 2 aromatic carbocycles. The standard InChI is InChI=1S/C21H15N3O3/c1-14-13-18-19(12-9-15-7-10-17(11-8-15)24(25)26)22-20(23-21(18)27-14)16-5-3-2-4-6-16/h2-13H,1H3/b12-9+. The molecule has 4 rings (SSSR count). The van der Waals surface area contributed by atoms with E-state index in [4.69, 9.17) is 4.42 Å². The van der Waals surface area contributed by atoms with Gasteiger partial charge in [0, 0.05) is 17.7 Å². The average molecular weight is 357 g/mol. The number of nitro groups is 1. The maximum Gasteiger partial charge on any atom is 0.269 e. The Morgan fingerprint density at radius 2 is 1.74 bits per heavy atom. The Morgan fingerprint density at radius 3 is 2.44 bits per heavy atom. The number of nitro benzene ring substituents is 1. The largest absolute Gasteiger partial charge is 0.443 e. The van der Waals surface area contributed by atoms with E-state index in [9.17, 15) is 10.1 Å². The van der Waals surface area contributed by atoms with Gasteiger partial charge < -0.3 is 4.42 Å². The van der Waals surface area contributed by atoms with Crippen LogP contribution in [0.2, 0.25) is 0 Å². The van der Waals surface area contributed by atoms with Crippen LogP contribution in [0.15, 0.2) is 65.1 Å². The molecule has 0 N–H and O–H groups in total. The molecule has 0 aliphatic rings. The summed E-state index contributed by atoms with van der Waals surface area (Å²) in [5.41, 5.74) is 3.07. The molecule has 0 saturated carbocycles. The van der Waals surface area contributed by atoms with Gasteiger partial charge in [-0.2, -0.15) is 4.98 Å². The molecule has 0 radical (unpaired) electrons. The molecule has 0 atom stereocenters. The number of non-ortho nitro benzene ring substituents is 1. The highest BCUT2D eigenvalue weighted by Crippen LogP contribution is 2.26. The average Bonchev–Trinajstić information content (AvgIpc) is 3.07. The second-order valence-corrected chi connectivity index (χ2v) is 6.06. The van der Waals surface area contributed by atoms with Crippen molar-refractivity contribution in [2.24, 2.45) is 0 Å². The van der Waals surface area contributed by atoms with Crippen LogP contribution in [0.1, 0.15) is 17.0 Å². The van der Waals surface area contributed by atoms with Gasteiger partial charge >= 0.3 is 0 Å². The highest BCUT2D eigenvalue weighted by molar-refractivity contribution is 5.88. The van der Waals surface area contributed by atoms with E-state index in [1.807, 2.05) is 55.5 Å². The third-order valence-electron chi connectivity index (χ3n) is 4.11. The molecule has 0 aliphatic carbocycles. The third kappa shape index (κ3) is 3.46. The summed E-state index contributed by atoms with van der Waals surface area (Å²) >= 11 is 0. The molecule has 0 bridgehead atoms. The number of rotatable bonds is 4. The third-order valence-corrected chi connectivity index (χ3v) is 4.11. The Labute approximate surface area is 155 Å². The summed E-state index contributed by atoms with van der Waals surface area (Å²) in [7, 11) is 0. The molecule has 0 saturated heterocycles. The van der Waals surface area contributed by atoms with Crippen LogP contribution in [-0.4, -0.2) is 14.9 Å². The van der Waals surface area contributed by atoms with Gasteiger partial charge in [0.1, 0.15) is 5.76 Å². The first-order valence-corrected chi connectivity index (χ1v) is 8.36. The minimum atomic E-state index is -0.415. The predicted octanol–water partition coefficient (Wildman–Crippen LogP) is 5.28. The molecule has 0 unspecified atom stereocenters. The van der Waals surface area contributed by atoms with Crippen LogP contribution in [-0.2, 0) is 0 Å². The molecular weight excluding hydrogens is 342 g/mol. The number of aromatic nitrogens is 2. The lowest BCUT2D eigenvalue weighted by molar-refractivity contribution is -0.384. The van der Waals surface area contributed by atoms with Gasteiger partial charge in [0.05, 0.1) is 16.0 Å². The van der Waals surface area contributed by atoms with Gasteiger partial charge in [-0.1, -0.05) is 36.4 Å². The minimum absolute atomic E-state index is 0.0633. The van der Waals surface area contributed by atoms with Crippen molar-refractivity contribution in [3.8, 4) is 11.4 Å². The molecule has 2 aromatic heterocycles. The Balaban J connectivity index is 1.76. The van der Waals surface area contributed by atoms with E-state index in [0.29, 0.717) is 11.5 Å². The van der Waals surface area contributed by atoms with Gasteiger partial charge in [0.25, 0.3) is 5.69 Å². The normalized spacial score (nSPS) is 11.3. The van der Waals surface area contributed by atoms with Gasteiger partial charge in [-0.25, -0.2) is 4.98 Å². The molecule has 0 amide bonds. The molecule has 0 aliphatic heterocycles. The van der Waals surface area contributed by atoms with Crippen molar-refractivity contribution in [3.63, 3.8) is 0 Å². The van der Waals surface area contributed by atoms with Crippen LogP contribution < -0.4 is 0 Å². The zero-order valence-corrected chi connectivity index (χ0v) is 14.5. The quantitative estimate of drug-likeness (QED) is 0.367. The van der Waals surface area contributed by atoms with Crippen LogP contribution in [0.4, 0.5) is 5.69 Å². The first-order chi connectivity index (χ1) is 13.1. The number of benzene rings is 2. The van der Waals surface area contributed by atoms with E-state index < -0.39 is 4.92 Å². The van der Waals surface area contributed by atoms with Crippen LogP contribution >= 0.6 is 0 Å². The van der Waals surface area contributed by atoms with Crippen molar-refractivity contribution < 1.29 is 9.34 Å². The van der Waals surface area contributed by atoms with E-state index in [1.165, 1.54) is 12.1 Å². The maximum absolute atomic E-state index is 10.8. The van der Waals surface area contributed by atoms with Gasteiger partial charge in [-0.3, -0.25) is 10.1 Å². The summed E-state index contributed by atoms with van der Waals surface area (Å²) in [5.74, 6) is 1.34. The fraction of sp³-hybridized carbons (Fsp3) is 0.0476. The van der Waals surface area contributed by atoms with Gasteiger partial charge in [0.15, 0.2) is 5.82 Å². The van der Waals surface area contributed by atoms with Crippen LogP contribution in [0, 0.1) is 17.0 Å². The Hall–Kier alpha value is -3.80. The zero-order valence-electron chi connectivity index (χ0n) is 14.5. The van der Waals surface area contributed by atoms with Crippen molar-refractivity contribution in [2.75, 3.05) is 0 Å². The second kappa shape index (κ2) is 6.84. The number of aryl methyl sites for hydroxylation is 1. The molecule has 0 fully saturated rings. The van der Waals surface area contributed by atoms with E-state index in [2.05, 4.69) is 9.97 Å². The zero-order chi connectivity index (χ0) is 18.8. The highest BCUT2D eigenvalue weighted by atomic mass is 16.6. The van der Waals surface area contributed by atoms with Crippen molar-refractivity contribution >= 4 is 28.9 Å². The number of hydrogen-bond acceptors (Lipinski definition) is 5. The van der Waals surface area contributed by atoms with E-state index in [-0.39, 0.29) is 5.69 Å². The van der Waals surface area contributed by atoms with Crippen molar-refractivity contribution in [2.45, 2.75) is 6.92 Å². The summed E-state index contributed by atoms with van der Waals surface area (Å²) in [6, 6.07) is 18.0. The lowest BCUT2D eigenvalue weighted by atomic mass is 10.1. The summed E-state index contributed by atoms with van der Waals surface area (Å²) in [4.78, 5) is 19.6. The monoisotopic (exact) mass is 357 g/mol. The van der Waals surface area contributed by atoms with Crippen LogP contribution in [0.25, 0.3) is 34.6 Å². The van der Waals surface area contributed by atoms with Gasteiger partial charge in [-0.05, 0) is 36.8 Å². The minimum Gasteiger partial charge on any atom is -0.443 e. The fourth-order valence-electron chi connectivity index (χ4n) is 2.79. The molecular formula is C21H15N3O3. The summed E-state index contributed by atoms with van der Waals surface area (Å²) in [5, 5.41) is 11.6. The van der Waals surface area contributed by atoms with Crippen molar-refractivity contribution in [1.29, 1.82) is 0 Å². The van der Waals surface area contributed by atoms with Crippen LogP contribution in [0.5, 0.6) is 0 Å². The molecule has 6 heteroatoms. The molecule has 0 spiro atoms. The number of fused-ring (bicyclic) bond motifs is 1. The SMILES string of the molecule is Cc1cc2c(/C=C/c3ccc([N+](=O)[O-])cc3)nc(-c3ccccc3)nc2o1. The first kappa shape index (κ1) is 16.7. The first-order valence-electron chi connectivity index (χ1n) is 8.36. The van der Waals surface area contributed by atoms with Crippen LogP contribution in [0.3, 0.4) is 0 Å². The summed E-state index contributed by atoms with van der Waals surface area (Å²) < 4.78 is 5.70. The number of hydrogen-bond donors (Lipinski definition) is 0. The Kier molecular flexibility index (Phi) is 4.22. The Morgan fingerprint density at radius 1 is 1.00 bits per heavy atom. The van der Waals surface area contributed by atoms with Gasteiger partial charge in [0.2, 0.25) is 5.71 Å². The van der Waals surface area contributed by atoms with E-state index in [0.717, 1.165) is 28.0 Å². The van der Waals surface area contributed by atoms with Crippen molar-refractivity contribution in [1.82, 2.24) is 9.97 Å². The smallest absolute Gasteiger partial charge is 0.269 e. The lowest BCUT2D eigenvalue weighted by Crippen LogP contribution is -1.92. The van der Waals surface area contributed by atoms with Crippen molar-refractivity contribution in [3.05, 3.63) is 87.8 Å². The van der Waals surface area contributed by atoms with E-state index >= 15 is 0 Å². The highest BCUT2D eigenvalue weighted by Gasteiger charge is 2.11. The molecule has 2 heterocycles. The summed E-state index contributed by atoms with van der Waals surface area (Å²) in [6.07, 6.45) is 3.73. The molecule has 132 valence electrons. The van der Waals surface area contributed by atoms with Gasteiger partial charge in [-0.15, -0.1) is 0 Å². The number of furan rings is 1. The predicted molar refractivity (Wildman–Crippen MR) is 104 cm³/mol. The van der Waals surface area contributed by atoms with E-state index in [1.54, 1.807) is 12.1 Å². The maximum atomic E-state index is 10.8. The topological polar surface area (TPSA) is 82.1 Å².